The van der Waals surface area contributed by atoms with Gasteiger partial charge in [0.1, 0.15) is 34.2 Å². The average molecular weight is 1060 g/mol. The Morgan fingerprint density at radius 1 is 0.368 bits per heavy atom. The lowest BCUT2D eigenvalue weighted by atomic mass is 9.73. The van der Waals surface area contributed by atoms with E-state index in [0.717, 1.165) is 74.4 Å². The maximum absolute atomic E-state index is 12.0. The average Bonchev–Trinajstić information content (AvgIpc) is 3.31. The number of benzene rings is 3. The van der Waals surface area contributed by atoms with Gasteiger partial charge in [0.05, 0.1) is 73.9 Å². The molecule has 0 saturated heterocycles. The van der Waals surface area contributed by atoms with Crippen LogP contribution in [0.25, 0.3) is 0 Å². The zero-order chi connectivity index (χ0) is 56.9. The molecule has 2 unspecified atom stereocenters. The molecule has 430 valence electrons. The van der Waals surface area contributed by atoms with Gasteiger partial charge in [-0.25, -0.2) is 0 Å². The lowest BCUT2D eigenvalue weighted by molar-refractivity contribution is -0.173. The highest BCUT2D eigenvalue weighted by Crippen LogP contribution is 2.41. The van der Waals surface area contributed by atoms with Crippen molar-refractivity contribution in [3.63, 3.8) is 0 Å². The molecule has 12 heteroatoms. The molecule has 0 bridgehead atoms. The summed E-state index contributed by atoms with van der Waals surface area (Å²) in [5, 5.41) is 0. The number of ether oxygens (including phenoxy) is 10. The lowest BCUT2D eigenvalue weighted by Crippen LogP contribution is -2.47. The molecule has 0 heterocycles. The van der Waals surface area contributed by atoms with E-state index < -0.39 is 22.4 Å². The summed E-state index contributed by atoms with van der Waals surface area (Å²) < 4.78 is 62.0. The quantitative estimate of drug-likeness (QED) is 0.0400. The number of hydrogen-bond donors (Lipinski definition) is 0. The Kier molecular flexibility index (Phi) is 25.6. The second-order valence-electron chi connectivity index (χ2n) is 25.2. The number of esters is 2. The van der Waals surface area contributed by atoms with Crippen LogP contribution in [0, 0.1) is 22.7 Å². The number of carbonyl (C=O) groups excluding carboxylic acids is 2. The van der Waals surface area contributed by atoms with Crippen molar-refractivity contribution in [3.05, 3.63) is 84.9 Å². The summed E-state index contributed by atoms with van der Waals surface area (Å²) in [7, 11) is 0. The summed E-state index contributed by atoms with van der Waals surface area (Å²) in [4.78, 5) is 24.0. The van der Waals surface area contributed by atoms with Crippen LogP contribution in [0.15, 0.2) is 84.9 Å². The largest absolute Gasteiger partial charge is 0.493 e. The minimum atomic E-state index is -0.772. The van der Waals surface area contributed by atoms with Crippen LogP contribution < -0.4 is 18.9 Å². The number of carbonyl (C=O) groups is 2. The normalized spacial score (nSPS) is 13.9. The van der Waals surface area contributed by atoms with Gasteiger partial charge in [-0.15, -0.1) is 0 Å². The van der Waals surface area contributed by atoms with Crippen molar-refractivity contribution in [2.75, 3.05) is 52.9 Å². The van der Waals surface area contributed by atoms with Crippen LogP contribution in [0.5, 0.6) is 23.0 Å². The predicted octanol–water partition coefficient (Wildman–Crippen LogP) is 14.9. The Morgan fingerprint density at radius 3 is 1.00 bits per heavy atom. The first-order valence-electron chi connectivity index (χ1n) is 27.9. The van der Waals surface area contributed by atoms with Gasteiger partial charge in [0.2, 0.25) is 0 Å². The Morgan fingerprint density at radius 2 is 0.684 bits per heavy atom. The number of rotatable bonds is 38. The maximum Gasteiger partial charge on any atom is 0.303 e. The van der Waals surface area contributed by atoms with Crippen LogP contribution in [-0.4, -0.2) is 98.4 Å². The summed E-state index contributed by atoms with van der Waals surface area (Å²) in [6.45, 7) is 40.5. The van der Waals surface area contributed by atoms with Crippen molar-refractivity contribution in [1.29, 1.82) is 0 Å². The van der Waals surface area contributed by atoms with Crippen molar-refractivity contribution < 1.29 is 57.0 Å². The second-order valence-corrected chi connectivity index (χ2v) is 25.2. The third-order valence-electron chi connectivity index (χ3n) is 15.9. The van der Waals surface area contributed by atoms with E-state index in [4.69, 9.17) is 47.4 Å². The van der Waals surface area contributed by atoms with Crippen LogP contribution in [0.4, 0.5) is 0 Å². The van der Waals surface area contributed by atoms with Gasteiger partial charge in [0.25, 0.3) is 0 Å². The van der Waals surface area contributed by atoms with E-state index in [-0.39, 0.29) is 45.8 Å². The zero-order valence-corrected chi connectivity index (χ0v) is 50.5. The molecule has 3 aromatic rings. The molecule has 0 radical (unpaired) electrons. The summed E-state index contributed by atoms with van der Waals surface area (Å²) in [5.74, 6) is 2.11. The highest BCUT2D eigenvalue weighted by atomic mass is 16.6. The van der Waals surface area contributed by atoms with E-state index in [9.17, 15) is 9.59 Å². The van der Waals surface area contributed by atoms with Crippen molar-refractivity contribution >= 4 is 11.9 Å². The molecule has 0 saturated carbocycles. The summed E-state index contributed by atoms with van der Waals surface area (Å²) in [6, 6.07) is 27.2. The van der Waals surface area contributed by atoms with Gasteiger partial charge in [-0.1, -0.05) is 76.9 Å². The van der Waals surface area contributed by atoms with Gasteiger partial charge in [-0.3, -0.25) is 9.59 Å². The molecule has 2 atom stereocenters. The SMILES string of the molecule is CC(=O)OC(C)(C)C(COc1ccccc1)COC(C)(C)C(C)(C)CCCCOC(C)(C)CCOc1ccc(OCCC(C)(C)OCCCCC(C)(C)C(C)(C)OCC(COc2ccccc2)C(C)(C)OC(C)=O)cc1. The fourth-order valence-corrected chi connectivity index (χ4v) is 8.48. The van der Waals surface area contributed by atoms with Gasteiger partial charge in [-0.05, 0) is 168 Å². The van der Waals surface area contributed by atoms with Gasteiger partial charge >= 0.3 is 11.9 Å². The van der Waals surface area contributed by atoms with E-state index in [1.807, 2.05) is 113 Å². The third kappa shape index (κ3) is 23.7. The smallest absolute Gasteiger partial charge is 0.303 e. The molecular weight excluding hydrogens is 961 g/mol. The number of hydrogen-bond acceptors (Lipinski definition) is 12. The number of unbranched alkanes of at least 4 members (excludes halogenated alkanes) is 2. The lowest BCUT2D eigenvalue weighted by Gasteiger charge is -2.44. The second kappa shape index (κ2) is 29.6. The molecule has 12 nitrogen and oxygen atoms in total. The van der Waals surface area contributed by atoms with E-state index in [1.165, 1.54) is 13.8 Å². The van der Waals surface area contributed by atoms with E-state index in [2.05, 4.69) is 83.1 Å². The van der Waals surface area contributed by atoms with Crippen molar-refractivity contribution in [3.8, 4) is 23.0 Å². The zero-order valence-electron chi connectivity index (χ0n) is 50.5. The molecule has 0 aliphatic carbocycles. The Bertz CT molecular complexity index is 1960. The summed E-state index contributed by atoms with van der Waals surface area (Å²) >= 11 is 0. The van der Waals surface area contributed by atoms with Crippen molar-refractivity contribution in [2.45, 2.75) is 210 Å². The maximum atomic E-state index is 12.0. The van der Waals surface area contributed by atoms with Crippen molar-refractivity contribution in [1.82, 2.24) is 0 Å². The molecule has 0 aromatic heterocycles. The van der Waals surface area contributed by atoms with Crippen molar-refractivity contribution in [2.24, 2.45) is 22.7 Å². The molecule has 0 aliphatic heterocycles. The van der Waals surface area contributed by atoms with Gasteiger partial charge in [0, 0.05) is 39.9 Å². The standard InChI is InChI=1S/C64H102O12/c1-49(65)75-61(11,12)51(45-69-53-29-21-19-22-30-53)47-73-63(15,16)57(3,4)37-25-27-41-71-59(7,8)39-43-67-55-33-35-56(36-34-55)68-44-40-60(9,10)72-42-28-26-38-58(5,6)64(17,18)74-48-52(62(13,14)76-50(2)66)46-70-54-31-23-20-24-32-54/h19-24,29-36,51-52H,25-28,37-48H2,1-18H3. The summed E-state index contributed by atoms with van der Waals surface area (Å²) in [5.41, 5.74) is -3.36. The first-order chi connectivity index (χ1) is 35.3. The highest BCUT2D eigenvalue weighted by molar-refractivity contribution is 5.66. The van der Waals surface area contributed by atoms with Crippen LogP contribution in [0.3, 0.4) is 0 Å². The molecule has 76 heavy (non-hydrogen) atoms. The van der Waals surface area contributed by atoms with E-state index in [0.29, 0.717) is 52.9 Å². The Hall–Kier alpha value is -4.36. The first kappa shape index (κ1) is 65.9. The first-order valence-corrected chi connectivity index (χ1v) is 27.9. The molecule has 0 spiro atoms. The Balaban J connectivity index is 1.33. The van der Waals surface area contributed by atoms with Crippen LogP contribution in [-0.2, 0) is 38.0 Å². The molecule has 3 aromatic carbocycles. The monoisotopic (exact) mass is 1060 g/mol. The molecule has 0 aliphatic rings. The minimum Gasteiger partial charge on any atom is -0.493 e. The van der Waals surface area contributed by atoms with Crippen LogP contribution in [0.2, 0.25) is 0 Å². The van der Waals surface area contributed by atoms with E-state index >= 15 is 0 Å². The molecule has 0 N–H and O–H groups in total. The molecular formula is C64H102O12. The molecule has 0 fully saturated rings. The fourth-order valence-electron chi connectivity index (χ4n) is 8.48. The highest BCUT2D eigenvalue weighted by Gasteiger charge is 2.42. The Labute approximate surface area is 460 Å². The summed E-state index contributed by atoms with van der Waals surface area (Å²) in [6.07, 6.45) is 7.29. The topological polar surface area (TPSA) is 126 Å². The number of para-hydroxylation sites is 2. The predicted molar refractivity (Wildman–Crippen MR) is 305 cm³/mol. The van der Waals surface area contributed by atoms with Gasteiger partial charge in [-0.2, -0.15) is 0 Å². The molecule has 0 amide bonds. The van der Waals surface area contributed by atoms with E-state index in [1.54, 1.807) is 0 Å². The third-order valence-corrected chi connectivity index (χ3v) is 15.9. The minimum absolute atomic E-state index is 0.130. The van der Waals surface area contributed by atoms with Crippen LogP contribution >= 0.6 is 0 Å². The fraction of sp³-hybridized carbons (Fsp3) is 0.688. The molecule has 3 rings (SSSR count). The van der Waals surface area contributed by atoms with Gasteiger partial charge in [0.15, 0.2) is 0 Å². The van der Waals surface area contributed by atoms with Crippen LogP contribution in [0.1, 0.15) is 176 Å². The van der Waals surface area contributed by atoms with Gasteiger partial charge < -0.3 is 47.4 Å².